The normalized spacial score (nSPS) is 12.3. The van der Waals surface area contributed by atoms with Crippen molar-refractivity contribution >= 4 is 40.5 Å². The second-order valence-corrected chi connectivity index (χ2v) is 6.73. The summed E-state index contributed by atoms with van der Waals surface area (Å²) in [5.41, 5.74) is 1.84. The smallest absolute Gasteiger partial charge is 0.319 e. The highest BCUT2D eigenvalue weighted by atomic mass is 35.5. The molecule has 1 aromatic carbocycles. The molecule has 3 aromatic rings. The van der Waals surface area contributed by atoms with Crippen LogP contribution in [-0.2, 0) is 9.53 Å². The van der Waals surface area contributed by atoms with Crippen molar-refractivity contribution in [3.05, 3.63) is 35.6 Å². The molecule has 0 spiro atoms. The van der Waals surface area contributed by atoms with Crippen molar-refractivity contribution < 1.29 is 9.53 Å². The van der Waals surface area contributed by atoms with Crippen LogP contribution in [0.5, 0.6) is 0 Å². The van der Waals surface area contributed by atoms with Gasteiger partial charge in [-0.2, -0.15) is 4.68 Å². The summed E-state index contributed by atoms with van der Waals surface area (Å²) in [7, 11) is 0. The summed E-state index contributed by atoms with van der Waals surface area (Å²) in [5, 5.41) is 9.19. The van der Waals surface area contributed by atoms with E-state index in [1.807, 2.05) is 19.1 Å². The van der Waals surface area contributed by atoms with E-state index < -0.39 is 0 Å². The van der Waals surface area contributed by atoms with Gasteiger partial charge in [-0.1, -0.05) is 41.6 Å². The largest absolute Gasteiger partial charge is 0.465 e. The molecule has 0 radical (unpaired) electrons. The predicted molar refractivity (Wildman–Crippen MR) is 96.0 cm³/mol. The lowest BCUT2D eigenvalue weighted by Crippen LogP contribution is -2.19. The molecule has 0 aliphatic carbocycles. The van der Waals surface area contributed by atoms with Crippen LogP contribution < -0.4 is 0 Å². The predicted octanol–water partition coefficient (Wildman–Crippen LogP) is 3.30. The molecule has 0 bridgehead atoms. The van der Waals surface area contributed by atoms with E-state index >= 15 is 0 Å². The van der Waals surface area contributed by atoms with E-state index in [0.717, 1.165) is 5.69 Å². The Labute approximate surface area is 153 Å². The zero-order chi connectivity index (χ0) is 17.8. The van der Waals surface area contributed by atoms with E-state index in [1.165, 1.54) is 18.1 Å². The minimum Gasteiger partial charge on any atom is -0.465 e. The van der Waals surface area contributed by atoms with E-state index in [0.29, 0.717) is 34.2 Å². The molecule has 2 heterocycles. The summed E-state index contributed by atoms with van der Waals surface area (Å²) < 4.78 is 6.70. The fourth-order valence-electron chi connectivity index (χ4n) is 2.26. The molecule has 0 fully saturated rings. The molecule has 0 amide bonds. The van der Waals surface area contributed by atoms with Gasteiger partial charge in [0.05, 0.1) is 12.3 Å². The van der Waals surface area contributed by atoms with E-state index in [2.05, 4.69) is 20.3 Å². The van der Waals surface area contributed by atoms with Crippen molar-refractivity contribution in [2.75, 3.05) is 6.61 Å². The topological polar surface area (TPSA) is 82.8 Å². The van der Waals surface area contributed by atoms with Gasteiger partial charge in [0.2, 0.25) is 0 Å². The number of carbonyl (C=O) groups is 1. The Morgan fingerprint density at radius 1 is 1.36 bits per heavy atom. The zero-order valence-electron chi connectivity index (χ0n) is 13.7. The van der Waals surface area contributed by atoms with Gasteiger partial charge in [-0.25, -0.2) is 9.97 Å². The van der Waals surface area contributed by atoms with Crippen molar-refractivity contribution in [3.63, 3.8) is 0 Å². The number of benzene rings is 1. The van der Waals surface area contributed by atoms with Crippen molar-refractivity contribution in [2.24, 2.45) is 0 Å². The third kappa shape index (κ3) is 3.74. The maximum atomic E-state index is 12.0. The van der Waals surface area contributed by atoms with Crippen LogP contribution >= 0.6 is 23.4 Å². The zero-order valence-corrected chi connectivity index (χ0v) is 15.3. The van der Waals surface area contributed by atoms with Crippen LogP contribution in [-0.4, -0.2) is 42.8 Å². The highest BCUT2D eigenvalue weighted by Crippen LogP contribution is 2.29. The number of aromatic nitrogens is 5. The van der Waals surface area contributed by atoms with E-state index in [4.69, 9.17) is 16.3 Å². The van der Waals surface area contributed by atoms with Gasteiger partial charge >= 0.3 is 5.97 Å². The molecular formula is C16H16ClN5O2S. The first kappa shape index (κ1) is 17.6. The number of hydrogen-bond acceptors (Lipinski definition) is 7. The van der Waals surface area contributed by atoms with E-state index in [1.54, 1.807) is 23.7 Å². The molecule has 0 saturated carbocycles. The SMILES string of the molecule is CCOC(=O)C(CC)Sc1ncnc2c1nnn2-c1cccc(Cl)c1. The van der Waals surface area contributed by atoms with Gasteiger partial charge in [0.1, 0.15) is 16.6 Å². The van der Waals surface area contributed by atoms with Crippen molar-refractivity contribution in [1.82, 2.24) is 25.0 Å². The lowest BCUT2D eigenvalue weighted by atomic mass is 10.3. The first-order valence-electron chi connectivity index (χ1n) is 7.79. The number of ether oxygens (including phenoxy) is 1. The Hall–Kier alpha value is -2.19. The second kappa shape index (κ2) is 7.79. The molecule has 9 heteroatoms. The number of carbonyl (C=O) groups excluding carboxylic acids is 1. The third-order valence-corrected chi connectivity index (χ3v) is 5.00. The lowest BCUT2D eigenvalue weighted by molar-refractivity contribution is -0.142. The summed E-state index contributed by atoms with van der Waals surface area (Å²) >= 11 is 7.36. The van der Waals surface area contributed by atoms with Crippen molar-refractivity contribution in [1.29, 1.82) is 0 Å². The number of fused-ring (bicyclic) bond motifs is 1. The van der Waals surface area contributed by atoms with Gasteiger partial charge in [-0.3, -0.25) is 4.79 Å². The molecule has 0 aliphatic heterocycles. The molecule has 0 saturated heterocycles. The third-order valence-electron chi connectivity index (χ3n) is 3.43. The molecule has 25 heavy (non-hydrogen) atoms. The molecule has 3 rings (SSSR count). The number of thioether (sulfide) groups is 1. The Morgan fingerprint density at radius 3 is 2.92 bits per heavy atom. The summed E-state index contributed by atoms with van der Waals surface area (Å²) in [6.45, 7) is 4.06. The Balaban J connectivity index is 1.97. The number of rotatable bonds is 6. The summed E-state index contributed by atoms with van der Waals surface area (Å²) in [6, 6.07) is 7.25. The molecule has 0 aliphatic rings. The molecule has 1 atom stereocenters. The Kier molecular flexibility index (Phi) is 5.50. The first-order chi connectivity index (χ1) is 12.1. The van der Waals surface area contributed by atoms with Gasteiger partial charge in [0.15, 0.2) is 11.2 Å². The summed E-state index contributed by atoms with van der Waals surface area (Å²) in [4.78, 5) is 20.6. The van der Waals surface area contributed by atoms with Crippen LogP contribution in [0.25, 0.3) is 16.9 Å². The molecule has 130 valence electrons. The van der Waals surface area contributed by atoms with E-state index in [-0.39, 0.29) is 11.2 Å². The molecule has 2 aromatic heterocycles. The quantitative estimate of drug-likeness (QED) is 0.370. The molecular weight excluding hydrogens is 362 g/mol. The van der Waals surface area contributed by atoms with Crippen LogP contribution in [0.2, 0.25) is 5.02 Å². The standard InChI is InChI=1S/C16H16ClN5O2S/c1-3-12(16(23)24-4-2)25-15-13-14(18-9-19-15)22(21-20-13)11-7-5-6-10(17)8-11/h5-9,12H,3-4H2,1-2H3. The average Bonchev–Trinajstić information content (AvgIpc) is 3.04. The number of esters is 1. The maximum absolute atomic E-state index is 12.0. The Morgan fingerprint density at radius 2 is 2.20 bits per heavy atom. The monoisotopic (exact) mass is 377 g/mol. The van der Waals surface area contributed by atoms with Crippen LogP contribution in [0, 0.1) is 0 Å². The average molecular weight is 378 g/mol. The summed E-state index contributed by atoms with van der Waals surface area (Å²) in [6.07, 6.45) is 2.06. The van der Waals surface area contributed by atoms with Crippen LogP contribution in [0.3, 0.4) is 0 Å². The second-order valence-electron chi connectivity index (χ2n) is 5.10. The maximum Gasteiger partial charge on any atom is 0.319 e. The van der Waals surface area contributed by atoms with Gasteiger partial charge in [-0.15, -0.1) is 5.10 Å². The van der Waals surface area contributed by atoms with E-state index in [9.17, 15) is 4.79 Å². The van der Waals surface area contributed by atoms with Crippen molar-refractivity contribution in [2.45, 2.75) is 30.5 Å². The number of hydrogen-bond donors (Lipinski definition) is 0. The lowest BCUT2D eigenvalue weighted by Gasteiger charge is -2.12. The molecule has 0 N–H and O–H groups in total. The fourth-order valence-corrected chi connectivity index (χ4v) is 3.40. The minimum atomic E-state index is -0.352. The van der Waals surface area contributed by atoms with Gasteiger partial charge in [0, 0.05) is 5.02 Å². The minimum absolute atomic E-state index is 0.260. The van der Waals surface area contributed by atoms with Gasteiger partial charge in [0.25, 0.3) is 0 Å². The number of halogens is 1. The summed E-state index contributed by atoms with van der Waals surface area (Å²) in [5.74, 6) is -0.260. The van der Waals surface area contributed by atoms with Gasteiger partial charge in [-0.05, 0) is 31.5 Å². The fraction of sp³-hybridized carbons (Fsp3) is 0.312. The number of nitrogens with zero attached hydrogens (tertiary/aromatic N) is 5. The Bertz CT molecular complexity index is 901. The molecule has 7 nitrogen and oxygen atoms in total. The highest BCUT2D eigenvalue weighted by Gasteiger charge is 2.23. The first-order valence-corrected chi connectivity index (χ1v) is 9.05. The molecule has 1 unspecified atom stereocenters. The highest BCUT2D eigenvalue weighted by molar-refractivity contribution is 8.00. The van der Waals surface area contributed by atoms with Crippen LogP contribution in [0.4, 0.5) is 0 Å². The van der Waals surface area contributed by atoms with Crippen LogP contribution in [0.15, 0.2) is 35.6 Å². The van der Waals surface area contributed by atoms with Gasteiger partial charge < -0.3 is 4.74 Å². The van der Waals surface area contributed by atoms with Crippen molar-refractivity contribution in [3.8, 4) is 5.69 Å². The van der Waals surface area contributed by atoms with Crippen LogP contribution in [0.1, 0.15) is 20.3 Å².